The number of rotatable bonds is 5. The molecule has 7 heteroatoms. The van der Waals surface area contributed by atoms with Gasteiger partial charge in [0.1, 0.15) is 11.5 Å². The number of esters is 1. The third-order valence-electron chi connectivity index (χ3n) is 3.45. The number of anilines is 1. The van der Waals surface area contributed by atoms with E-state index in [9.17, 15) is 9.59 Å². The second-order valence-electron chi connectivity index (χ2n) is 5.20. The van der Waals surface area contributed by atoms with E-state index in [1.807, 2.05) is 0 Å². The Labute approximate surface area is 157 Å². The van der Waals surface area contributed by atoms with Crippen molar-refractivity contribution < 1.29 is 23.5 Å². The number of methoxy groups -OCH3 is 1. The number of carbonyl (C=O) groups excluding carboxylic acids is 2. The van der Waals surface area contributed by atoms with Crippen LogP contribution < -0.4 is 14.8 Å². The van der Waals surface area contributed by atoms with E-state index in [0.717, 1.165) is 0 Å². The van der Waals surface area contributed by atoms with Gasteiger partial charge in [-0.3, -0.25) is 4.79 Å². The molecule has 1 heterocycles. The summed E-state index contributed by atoms with van der Waals surface area (Å²) in [5.41, 5.74) is 1.08. The van der Waals surface area contributed by atoms with Crippen LogP contribution in [0.4, 0.5) is 5.69 Å². The van der Waals surface area contributed by atoms with Crippen molar-refractivity contribution in [3.05, 3.63) is 76.7 Å². The maximum Gasteiger partial charge on any atom is 0.379 e. The normalized spacial score (nSPS) is 10.2. The van der Waals surface area contributed by atoms with Gasteiger partial charge in [-0.1, -0.05) is 0 Å². The molecule has 0 saturated heterocycles. The van der Waals surface area contributed by atoms with Crippen LogP contribution in [0.1, 0.15) is 20.9 Å². The molecule has 0 bridgehead atoms. The predicted molar refractivity (Wildman–Crippen MR) is 98.8 cm³/mol. The Bertz CT molecular complexity index is 916. The van der Waals surface area contributed by atoms with Gasteiger partial charge in [0, 0.05) is 11.3 Å². The minimum absolute atomic E-state index is 0.0817. The average molecular weight is 416 g/mol. The van der Waals surface area contributed by atoms with Gasteiger partial charge in [0.2, 0.25) is 5.76 Å². The van der Waals surface area contributed by atoms with Crippen LogP contribution >= 0.6 is 15.9 Å². The highest BCUT2D eigenvalue weighted by Gasteiger charge is 2.14. The average Bonchev–Trinajstić information content (AvgIpc) is 3.09. The van der Waals surface area contributed by atoms with Crippen molar-refractivity contribution in [2.75, 3.05) is 12.4 Å². The molecular formula is C19H14BrNO5. The summed E-state index contributed by atoms with van der Waals surface area (Å²) >= 11 is 3.12. The second kappa shape index (κ2) is 7.88. The van der Waals surface area contributed by atoms with Gasteiger partial charge in [0.25, 0.3) is 5.91 Å². The number of nitrogens with one attached hydrogen (secondary N) is 1. The van der Waals surface area contributed by atoms with E-state index in [1.165, 1.54) is 6.07 Å². The maximum absolute atomic E-state index is 12.3. The molecule has 0 atom stereocenters. The SMILES string of the molecule is COc1ccc(NC(=O)c2ccc(OC(=O)c3ccc(Br)o3)cc2)cc1. The Morgan fingerprint density at radius 1 is 0.923 bits per heavy atom. The molecule has 3 rings (SSSR count). The number of hydrogen-bond acceptors (Lipinski definition) is 5. The summed E-state index contributed by atoms with van der Waals surface area (Å²) in [7, 11) is 1.58. The van der Waals surface area contributed by atoms with Crippen LogP contribution in [-0.4, -0.2) is 19.0 Å². The monoisotopic (exact) mass is 415 g/mol. The number of halogens is 1. The molecule has 1 amide bonds. The van der Waals surface area contributed by atoms with Gasteiger partial charge in [-0.05, 0) is 76.6 Å². The van der Waals surface area contributed by atoms with Crippen LogP contribution in [0.25, 0.3) is 0 Å². The standard InChI is InChI=1S/C19H14BrNO5/c1-24-14-8-4-13(5-9-14)21-18(22)12-2-6-15(7-3-12)25-19(23)16-10-11-17(20)26-16/h2-11H,1H3,(H,21,22). The Kier molecular flexibility index (Phi) is 5.38. The number of carbonyl (C=O) groups is 2. The van der Waals surface area contributed by atoms with Gasteiger partial charge in [0.05, 0.1) is 7.11 Å². The molecule has 0 radical (unpaired) electrons. The van der Waals surface area contributed by atoms with Gasteiger partial charge in [0.15, 0.2) is 4.67 Å². The molecule has 132 valence electrons. The molecular weight excluding hydrogens is 402 g/mol. The maximum atomic E-state index is 12.3. The van der Waals surface area contributed by atoms with Crippen LogP contribution in [0.15, 0.2) is 69.8 Å². The van der Waals surface area contributed by atoms with Crippen molar-refractivity contribution in [3.63, 3.8) is 0 Å². The van der Waals surface area contributed by atoms with Gasteiger partial charge in [-0.15, -0.1) is 0 Å². The van der Waals surface area contributed by atoms with Crippen LogP contribution in [0, 0.1) is 0 Å². The van der Waals surface area contributed by atoms with Crippen molar-refractivity contribution in [2.24, 2.45) is 0 Å². The molecule has 0 fully saturated rings. The van der Waals surface area contributed by atoms with Crippen molar-refractivity contribution in [1.82, 2.24) is 0 Å². The summed E-state index contributed by atoms with van der Waals surface area (Å²) in [5.74, 6) is 0.202. The third kappa shape index (κ3) is 4.31. The molecule has 0 aliphatic carbocycles. The Hall–Kier alpha value is -3.06. The number of furan rings is 1. The molecule has 0 saturated carbocycles. The van der Waals surface area contributed by atoms with Crippen molar-refractivity contribution in [2.45, 2.75) is 0 Å². The second-order valence-corrected chi connectivity index (χ2v) is 5.98. The van der Waals surface area contributed by atoms with Crippen LogP contribution in [0.5, 0.6) is 11.5 Å². The fourth-order valence-electron chi connectivity index (χ4n) is 2.13. The lowest BCUT2D eigenvalue weighted by molar-refractivity contribution is 0.0700. The minimum atomic E-state index is -0.619. The van der Waals surface area contributed by atoms with Gasteiger partial charge < -0.3 is 19.2 Å². The molecule has 2 aromatic carbocycles. The van der Waals surface area contributed by atoms with Crippen molar-refractivity contribution in [3.8, 4) is 11.5 Å². The molecule has 1 aromatic heterocycles. The van der Waals surface area contributed by atoms with E-state index < -0.39 is 5.97 Å². The summed E-state index contributed by atoms with van der Waals surface area (Å²) in [5, 5.41) is 2.78. The number of benzene rings is 2. The molecule has 6 nitrogen and oxygen atoms in total. The summed E-state index contributed by atoms with van der Waals surface area (Å²) in [6.45, 7) is 0. The predicted octanol–water partition coefficient (Wildman–Crippen LogP) is 4.52. The first kappa shape index (κ1) is 17.8. The lowest BCUT2D eigenvalue weighted by Gasteiger charge is -2.07. The Morgan fingerprint density at radius 2 is 1.58 bits per heavy atom. The first-order valence-electron chi connectivity index (χ1n) is 7.58. The zero-order chi connectivity index (χ0) is 18.5. The first-order chi connectivity index (χ1) is 12.5. The first-order valence-corrected chi connectivity index (χ1v) is 8.37. The largest absolute Gasteiger partial charge is 0.497 e. The molecule has 0 aliphatic heterocycles. The van der Waals surface area contributed by atoms with Crippen LogP contribution in [0.2, 0.25) is 0 Å². The Morgan fingerprint density at radius 3 is 2.15 bits per heavy atom. The highest BCUT2D eigenvalue weighted by Crippen LogP contribution is 2.19. The molecule has 0 spiro atoms. The molecule has 3 aromatic rings. The highest BCUT2D eigenvalue weighted by molar-refractivity contribution is 9.10. The van der Waals surface area contributed by atoms with Crippen molar-refractivity contribution in [1.29, 1.82) is 0 Å². The fraction of sp³-hybridized carbons (Fsp3) is 0.0526. The summed E-state index contributed by atoms with van der Waals surface area (Å²) in [6, 6.07) is 16.3. The lowest BCUT2D eigenvalue weighted by Crippen LogP contribution is -2.12. The number of hydrogen-bond donors (Lipinski definition) is 1. The van der Waals surface area contributed by atoms with Crippen LogP contribution in [0.3, 0.4) is 0 Å². The van der Waals surface area contributed by atoms with E-state index in [-0.39, 0.29) is 11.7 Å². The quantitative estimate of drug-likeness (QED) is 0.489. The molecule has 0 unspecified atom stereocenters. The van der Waals surface area contributed by atoms with Gasteiger partial charge in [-0.2, -0.15) is 0 Å². The van der Waals surface area contributed by atoms with E-state index in [1.54, 1.807) is 61.7 Å². The van der Waals surface area contributed by atoms with E-state index in [2.05, 4.69) is 21.2 Å². The minimum Gasteiger partial charge on any atom is -0.497 e. The lowest BCUT2D eigenvalue weighted by atomic mass is 10.2. The van der Waals surface area contributed by atoms with Crippen molar-refractivity contribution >= 4 is 33.5 Å². The smallest absolute Gasteiger partial charge is 0.379 e. The molecule has 1 N–H and O–H groups in total. The topological polar surface area (TPSA) is 77.8 Å². The van der Waals surface area contributed by atoms with E-state index in [0.29, 0.717) is 27.4 Å². The zero-order valence-electron chi connectivity index (χ0n) is 13.7. The zero-order valence-corrected chi connectivity index (χ0v) is 15.3. The third-order valence-corrected chi connectivity index (χ3v) is 3.88. The summed E-state index contributed by atoms with van der Waals surface area (Å²) in [4.78, 5) is 24.2. The molecule has 0 aliphatic rings. The van der Waals surface area contributed by atoms with E-state index in [4.69, 9.17) is 13.9 Å². The number of amides is 1. The summed E-state index contributed by atoms with van der Waals surface area (Å²) in [6.07, 6.45) is 0. The molecule has 26 heavy (non-hydrogen) atoms. The van der Waals surface area contributed by atoms with Gasteiger partial charge >= 0.3 is 5.97 Å². The van der Waals surface area contributed by atoms with E-state index >= 15 is 0 Å². The van der Waals surface area contributed by atoms with Crippen LogP contribution in [-0.2, 0) is 0 Å². The number of ether oxygens (including phenoxy) is 2. The fourth-order valence-corrected chi connectivity index (χ4v) is 2.44. The Balaban J connectivity index is 1.62. The highest BCUT2D eigenvalue weighted by atomic mass is 79.9. The summed E-state index contributed by atoms with van der Waals surface area (Å²) < 4.78 is 15.8. The van der Waals surface area contributed by atoms with Gasteiger partial charge in [-0.25, -0.2) is 4.79 Å².